The van der Waals surface area contributed by atoms with Crippen molar-refractivity contribution < 1.29 is 19.1 Å². The minimum atomic E-state index is -0.382. The van der Waals surface area contributed by atoms with Crippen LogP contribution in [-0.4, -0.2) is 53.7 Å². The summed E-state index contributed by atoms with van der Waals surface area (Å²) >= 11 is 6.53. The Kier molecular flexibility index (Phi) is 6.92. The second-order valence-electron chi connectivity index (χ2n) is 7.70. The molecule has 0 aromatic heterocycles. The number of thioether (sulfide) groups is 1. The molecule has 2 aromatic carbocycles. The summed E-state index contributed by atoms with van der Waals surface area (Å²) in [5.41, 5.74) is 3.26. The summed E-state index contributed by atoms with van der Waals surface area (Å²) in [7, 11) is 1.60. The lowest BCUT2D eigenvalue weighted by atomic mass is 10.1. The number of hydrogen-bond acceptors (Lipinski definition) is 6. The molecular formula is C24H23N3O4S2. The molecule has 0 atom stereocenters. The molecule has 0 bridgehead atoms. The number of fused-ring (bicyclic) bond motifs is 1. The van der Waals surface area contributed by atoms with E-state index in [9.17, 15) is 14.4 Å². The first kappa shape index (κ1) is 23.2. The second-order valence-corrected chi connectivity index (χ2v) is 9.34. The molecule has 1 saturated heterocycles. The van der Waals surface area contributed by atoms with Gasteiger partial charge in [0.25, 0.3) is 11.8 Å². The van der Waals surface area contributed by atoms with Gasteiger partial charge in [-0.25, -0.2) is 0 Å². The molecule has 2 aromatic rings. The molecule has 0 radical (unpaired) electrons. The van der Waals surface area contributed by atoms with E-state index >= 15 is 0 Å². The Bertz CT molecular complexity index is 1160. The molecule has 7 nitrogen and oxygen atoms in total. The van der Waals surface area contributed by atoms with Crippen molar-refractivity contribution in [3.63, 3.8) is 0 Å². The Morgan fingerprint density at radius 2 is 1.79 bits per heavy atom. The molecule has 0 spiro atoms. The molecule has 170 valence electrons. The van der Waals surface area contributed by atoms with Crippen LogP contribution in [0.3, 0.4) is 0 Å². The first-order valence-electron chi connectivity index (χ1n) is 10.5. The maximum atomic E-state index is 13.4. The van der Waals surface area contributed by atoms with Crippen molar-refractivity contribution in [3.05, 3.63) is 64.6 Å². The zero-order valence-electron chi connectivity index (χ0n) is 18.3. The van der Waals surface area contributed by atoms with Crippen LogP contribution in [0.4, 0.5) is 11.4 Å². The van der Waals surface area contributed by atoms with E-state index in [1.807, 2.05) is 31.2 Å². The minimum absolute atomic E-state index is 0.165. The Balaban J connectivity index is 1.59. The highest BCUT2D eigenvalue weighted by Crippen LogP contribution is 2.44. The van der Waals surface area contributed by atoms with Crippen LogP contribution >= 0.6 is 24.0 Å². The summed E-state index contributed by atoms with van der Waals surface area (Å²) < 4.78 is 5.48. The van der Waals surface area contributed by atoms with Gasteiger partial charge in [-0.1, -0.05) is 59.9 Å². The van der Waals surface area contributed by atoms with Crippen LogP contribution in [0.15, 0.2) is 53.4 Å². The summed E-state index contributed by atoms with van der Waals surface area (Å²) in [6.45, 7) is 2.73. The molecule has 2 aliphatic heterocycles. The topological polar surface area (TPSA) is 79.0 Å². The van der Waals surface area contributed by atoms with Gasteiger partial charge >= 0.3 is 0 Å². The molecule has 9 heteroatoms. The summed E-state index contributed by atoms with van der Waals surface area (Å²) in [6, 6.07) is 14.6. The number of anilines is 2. The Morgan fingerprint density at radius 1 is 1.06 bits per heavy atom. The molecule has 4 rings (SSSR count). The predicted octanol–water partition coefficient (Wildman–Crippen LogP) is 3.59. The lowest BCUT2D eigenvalue weighted by molar-refractivity contribution is -0.122. The first-order chi connectivity index (χ1) is 15.9. The van der Waals surface area contributed by atoms with Crippen LogP contribution in [0, 0.1) is 6.92 Å². The number of nitrogens with one attached hydrogen (secondary N) is 1. The largest absolute Gasteiger partial charge is 0.385 e. The van der Waals surface area contributed by atoms with Crippen molar-refractivity contribution in [1.29, 1.82) is 0 Å². The van der Waals surface area contributed by atoms with Crippen molar-refractivity contribution in [1.82, 2.24) is 4.90 Å². The maximum absolute atomic E-state index is 13.4. The van der Waals surface area contributed by atoms with Gasteiger partial charge in [0.15, 0.2) is 0 Å². The molecule has 0 unspecified atom stereocenters. The number of hydrogen-bond donors (Lipinski definition) is 1. The van der Waals surface area contributed by atoms with Crippen LogP contribution in [0.25, 0.3) is 5.57 Å². The molecule has 1 N–H and O–H groups in total. The standard InChI is InChI=1S/C24H23N3O4S2/c1-15-8-10-16(11-9-15)25-19(28)14-27-18-7-4-3-6-17(18)20(22(27)29)21-23(30)26(24(32)33-21)12-5-13-31-2/h3-4,6-11H,5,12-14H2,1-2H3,(H,25,28)/b21-20-. The molecule has 3 amide bonds. The maximum Gasteiger partial charge on any atom is 0.267 e. The molecule has 2 aliphatic rings. The Hall–Kier alpha value is -3.01. The summed E-state index contributed by atoms with van der Waals surface area (Å²) in [5, 5.41) is 2.82. The van der Waals surface area contributed by atoms with Crippen molar-refractivity contribution in [2.75, 3.05) is 37.0 Å². The fraction of sp³-hybridized carbons (Fsp3) is 0.250. The van der Waals surface area contributed by atoms with E-state index in [1.165, 1.54) is 9.80 Å². The molecular weight excluding hydrogens is 458 g/mol. The lowest BCUT2D eigenvalue weighted by Gasteiger charge is -2.17. The fourth-order valence-corrected chi connectivity index (χ4v) is 5.13. The summed E-state index contributed by atoms with van der Waals surface area (Å²) in [4.78, 5) is 42.5. The number of para-hydroxylation sites is 1. The van der Waals surface area contributed by atoms with Crippen molar-refractivity contribution in [2.45, 2.75) is 13.3 Å². The predicted molar refractivity (Wildman–Crippen MR) is 134 cm³/mol. The SMILES string of the molecule is COCCCN1C(=O)/C(=C2/C(=O)N(CC(=O)Nc3ccc(C)cc3)c3ccccc32)SC1=S. The van der Waals surface area contributed by atoms with Gasteiger partial charge in [0, 0.05) is 31.5 Å². The first-order valence-corrected chi connectivity index (χ1v) is 11.7. The molecule has 33 heavy (non-hydrogen) atoms. The van der Waals surface area contributed by atoms with E-state index in [0.717, 1.165) is 17.3 Å². The normalized spacial score (nSPS) is 17.7. The third-order valence-electron chi connectivity index (χ3n) is 5.37. The van der Waals surface area contributed by atoms with E-state index in [-0.39, 0.29) is 24.3 Å². The highest BCUT2D eigenvalue weighted by molar-refractivity contribution is 8.26. The van der Waals surface area contributed by atoms with Gasteiger partial charge in [0.2, 0.25) is 5.91 Å². The number of methoxy groups -OCH3 is 1. The van der Waals surface area contributed by atoms with E-state index < -0.39 is 0 Å². The minimum Gasteiger partial charge on any atom is -0.385 e. The van der Waals surface area contributed by atoms with Crippen LogP contribution in [0.5, 0.6) is 0 Å². The van der Waals surface area contributed by atoms with Gasteiger partial charge in [0.1, 0.15) is 10.9 Å². The van der Waals surface area contributed by atoms with E-state index in [1.54, 1.807) is 31.4 Å². The highest BCUT2D eigenvalue weighted by atomic mass is 32.2. The average molecular weight is 482 g/mol. The zero-order valence-corrected chi connectivity index (χ0v) is 19.9. The molecule has 2 heterocycles. The van der Waals surface area contributed by atoms with Gasteiger partial charge in [0.05, 0.1) is 16.2 Å². The summed E-state index contributed by atoms with van der Waals surface area (Å²) in [6.07, 6.45) is 0.640. The van der Waals surface area contributed by atoms with E-state index in [2.05, 4.69) is 5.32 Å². The van der Waals surface area contributed by atoms with Gasteiger partial charge in [-0.15, -0.1) is 0 Å². The monoisotopic (exact) mass is 481 g/mol. The number of nitrogens with zero attached hydrogens (tertiary/aromatic N) is 2. The highest BCUT2D eigenvalue weighted by Gasteiger charge is 2.42. The number of amides is 3. The number of carbonyl (C=O) groups is 3. The molecule has 0 aliphatic carbocycles. The lowest BCUT2D eigenvalue weighted by Crippen LogP contribution is -2.35. The molecule has 1 fully saturated rings. The Labute approximate surface area is 201 Å². The number of ether oxygens (including phenoxy) is 1. The fourth-order valence-electron chi connectivity index (χ4n) is 3.75. The van der Waals surface area contributed by atoms with Gasteiger partial charge in [-0.05, 0) is 31.5 Å². The van der Waals surface area contributed by atoms with Crippen LogP contribution in [-0.2, 0) is 19.1 Å². The Morgan fingerprint density at radius 3 is 2.52 bits per heavy atom. The van der Waals surface area contributed by atoms with Crippen LogP contribution in [0.2, 0.25) is 0 Å². The smallest absolute Gasteiger partial charge is 0.267 e. The van der Waals surface area contributed by atoms with Crippen molar-refractivity contribution >= 4 is 63.0 Å². The third-order valence-corrected chi connectivity index (χ3v) is 6.81. The van der Waals surface area contributed by atoms with E-state index in [4.69, 9.17) is 17.0 Å². The zero-order chi connectivity index (χ0) is 23.5. The van der Waals surface area contributed by atoms with Gasteiger partial charge in [-0.2, -0.15) is 0 Å². The van der Waals surface area contributed by atoms with Gasteiger partial charge < -0.3 is 10.1 Å². The number of thiocarbonyl (C=S) groups is 1. The third kappa shape index (κ3) is 4.71. The summed E-state index contributed by atoms with van der Waals surface area (Å²) in [5.74, 6) is -0.992. The number of carbonyl (C=O) groups excluding carboxylic acids is 3. The number of benzene rings is 2. The second kappa shape index (κ2) is 9.86. The van der Waals surface area contributed by atoms with E-state index in [0.29, 0.717) is 51.3 Å². The number of rotatable bonds is 7. The van der Waals surface area contributed by atoms with Crippen molar-refractivity contribution in [2.24, 2.45) is 0 Å². The van der Waals surface area contributed by atoms with Crippen LogP contribution in [0.1, 0.15) is 17.5 Å². The molecule has 0 saturated carbocycles. The average Bonchev–Trinajstić information content (AvgIpc) is 3.23. The van der Waals surface area contributed by atoms with Crippen molar-refractivity contribution in [3.8, 4) is 0 Å². The van der Waals surface area contributed by atoms with Gasteiger partial charge in [-0.3, -0.25) is 24.2 Å². The van der Waals surface area contributed by atoms with Crippen LogP contribution < -0.4 is 10.2 Å². The number of aryl methyl sites for hydroxylation is 1. The quantitative estimate of drug-likeness (QED) is 0.370.